The summed E-state index contributed by atoms with van der Waals surface area (Å²) in [4.78, 5) is 40.7. The molecule has 1 saturated heterocycles. The van der Waals surface area contributed by atoms with Crippen molar-refractivity contribution in [3.8, 4) is 5.75 Å². The van der Waals surface area contributed by atoms with Gasteiger partial charge in [0.05, 0.1) is 7.11 Å². The number of likely N-dealkylation sites (tertiary alicyclic amines) is 1. The Morgan fingerprint density at radius 3 is 2.32 bits per heavy atom. The van der Waals surface area contributed by atoms with Crippen LogP contribution in [-0.2, 0) is 4.79 Å². The van der Waals surface area contributed by atoms with Crippen molar-refractivity contribution in [2.75, 3.05) is 26.7 Å². The highest BCUT2D eigenvalue weighted by molar-refractivity contribution is 5.98. The van der Waals surface area contributed by atoms with Crippen molar-refractivity contribution in [2.45, 2.75) is 39.7 Å². The molecule has 0 unspecified atom stereocenters. The fraction of sp³-hybridized carbons (Fsp3) is 0.444. The highest BCUT2D eigenvalue weighted by atomic mass is 16.5. The first kappa shape index (κ1) is 25.3. The number of hydrogen-bond acceptors (Lipinski definition) is 4. The molecule has 1 atom stereocenters. The number of hydrogen-bond donors (Lipinski definition) is 2. The summed E-state index contributed by atoms with van der Waals surface area (Å²) in [6.07, 6.45) is 1.26. The number of ether oxygens (including phenoxy) is 1. The van der Waals surface area contributed by atoms with E-state index in [0.29, 0.717) is 55.3 Å². The molecule has 7 heteroatoms. The maximum Gasteiger partial charge on any atom is 0.253 e. The molecule has 0 aliphatic carbocycles. The second-order valence-electron chi connectivity index (χ2n) is 9.32. The second kappa shape index (κ2) is 11.7. The average molecular weight is 466 g/mol. The van der Waals surface area contributed by atoms with Crippen LogP contribution in [0.15, 0.2) is 48.5 Å². The van der Waals surface area contributed by atoms with E-state index in [9.17, 15) is 14.4 Å². The molecule has 34 heavy (non-hydrogen) atoms. The third-order valence-corrected chi connectivity index (χ3v) is 6.18. The lowest BCUT2D eigenvalue weighted by atomic mass is 9.88. The number of nitrogens with zero attached hydrogens (tertiary/aromatic N) is 1. The molecule has 182 valence electrons. The molecule has 0 aromatic heterocycles. The van der Waals surface area contributed by atoms with Gasteiger partial charge in [-0.05, 0) is 61.9 Å². The molecule has 0 radical (unpaired) electrons. The zero-order valence-corrected chi connectivity index (χ0v) is 20.5. The zero-order chi connectivity index (χ0) is 24.7. The van der Waals surface area contributed by atoms with Gasteiger partial charge in [-0.1, -0.05) is 37.6 Å². The van der Waals surface area contributed by atoms with Crippen molar-refractivity contribution < 1.29 is 19.1 Å². The second-order valence-corrected chi connectivity index (χ2v) is 9.32. The van der Waals surface area contributed by atoms with Gasteiger partial charge >= 0.3 is 0 Å². The molecule has 1 heterocycles. The van der Waals surface area contributed by atoms with Crippen LogP contribution in [0.3, 0.4) is 0 Å². The summed E-state index contributed by atoms with van der Waals surface area (Å²) < 4.78 is 5.23. The maximum atomic E-state index is 13.1. The van der Waals surface area contributed by atoms with Gasteiger partial charge in [0.2, 0.25) is 5.91 Å². The van der Waals surface area contributed by atoms with Gasteiger partial charge in [0.25, 0.3) is 11.8 Å². The summed E-state index contributed by atoms with van der Waals surface area (Å²) in [6, 6.07) is 13.8. The van der Waals surface area contributed by atoms with E-state index in [1.807, 2.05) is 32.9 Å². The Balaban J connectivity index is 1.68. The topological polar surface area (TPSA) is 87.7 Å². The number of aryl methyl sites for hydroxylation is 1. The molecule has 3 rings (SSSR count). The number of amides is 3. The fourth-order valence-electron chi connectivity index (χ4n) is 4.12. The Morgan fingerprint density at radius 1 is 1.03 bits per heavy atom. The molecule has 1 fully saturated rings. The lowest BCUT2D eigenvalue weighted by molar-refractivity contribution is -0.124. The van der Waals surface area contributed by atoms with Crippen molar-refractivity contribution in [1.29, 1.82) is 0 Å². The molecule has 2 aromatic carbocycles. The van der Waals surface area contributed by atoms with Crippen molar-refractivity contribution >= 4 is 17.7 Å². The molecule has 7 nitrogen and oxygen atoms in total. The minimum atomic E-state index is -0.651. The number of piperidine rings is 1. The summed E-state index contributed by atoms with van der Waals surface area (Å²) in [7, 11) is 1.57. The van der Waals surface area contributed by atoms with Gasteiger partial charge in [-0.15, -0.1) is 0 Å². The third-order valence-electron chi connectivity index (χ3n) is 6.18. The predicted molar refractivity (Wildman–Crippen MR) is 132 cm³/mol. The van der Waals surface area contributed by atoms with Crippen molar-refractivity contribution in [2.24, 2.45) is 11.8 Å². The lowest BCUT2D eigenvalue weighted by Crippen LogP contribution is -2.54. The zero-order valence-electron chi connectivity index (χ0n) is 20.5. The highest BCUT2D eigenvalue weighted by Gasteiger charge is 2.34. The Morgan fingerprint density at radius 2 is 1.71 bits per heavy atom. The normalized spacial score (nSPS) is 15.0. The summed E-state index contributed by atoms with van der Waals surface area (Å²) in [6.45, 7) is 7.61. The third kappa shape index (κ3) is 6.59. The van der Waals surface area contributed by atoms with E-state index in [2.05, 4.69) is 10.6 Å². The van der Waals surface area contributed by atoms with Crippen LogP contribution < -0.4 is 15.4 Å². The number of benzene rings is 2. The quantitative estimate of drug-likeness (QED) is 0.625. The van der Waals surface area contributed by atoms with E-state index >= 15 is 0 Å². The Bertz CT molecular complexity index is 995. The summed E-state index contributed by atoms with van der Waals surface area (Å²) in [5, 5.41) is 5.94. The fourth-order valence-corrected chi connectivity index (χ4v) is 4.12. The summed E-state index contributed by atoms with van der Waals surface area (Å²) >= 11 is 0. The summed E-state index contributed by atoms with van der Waals surface area (Å²) in [5.41, 5.74) is 2.17. The van der Waals surface area contributed by atoms with Crippen LogP contribution >= 0.6 is 0 Å². The minimum Gasteiger partial charge on any atom is -0.497 e. The molecule has 0 saturated carbocycles. The molecule has 1 aliphatic rings. The lowest BCUT2D eigenvalue weighted by Gasteiger charge is -2.36. The predicted octanol–water partition coefficient (Wildman–Crippen LogP) is 3.43. The van der Waals surface area contributed by atoms with Crippen molar-refractivity contribution in [1.82, 2.24) is 15.5 Å². The molecule has 0 spiro atoms. The SMILES string of the molecule is COc1cccc(C(=O)N2CCC([C@H](NC(=O)c3ccc(C)cc3)C(=O)NCC(C)C)CC2)c1. The molecule has 2 aromatic rings. The van der Waals surface area contributed by atoms with Crippen LogP contribution in [0.2, 0.25) is 0 Å². The van der Waals surface area contributed by atoms with Gasteiger partial charge in [-0.3, -0.25) is 14.4 Å². The first-order valence-electron chi connectivity index (χ1n) is 11.9. The van der Waals surface area contributed by atoms with Gasteiger partial charge in [0, 0.05) is 30.8 Å². The van der Waals surface area contributed by atoms with E-state index in [1.165, 1.54) is 0 Å². The van der Waals surface area contributed by atoms with Gasteiger partial charge in [0.15, 0.2) is 0 Å². The van der Waals surface area contributed by atoms with Crippen LogP contribution in [0.25, 0.3) is 0 Å². The Kier molecular flexibility index (Phi) is 8.68. The first-order chi connectivity index (χ1) is 16.3. The van der Waals surface area contributed by atoms with Gasteiger partial charge in [-0.2, -0.15) is 0 Å². The van der Waals surface area contributed by atoms with E-state index in [1.54, 1.807) is 48.4 Å². The maximum absolute atomic E-state index is 13.1. The van der Waals surface area contributed by atoms with Crippen molar-refractivity contribution in [3.05, 3.63) is 65.2 Å². The number of rotatable bonds is 8. The summed E-state index contributed by atoms with van der Waals surface area (Å²) in [5.74, 6) is 0.394. The largest absolute Gasteiger partial charge is 0.497 e. The molecule has 3 amide bonds. The van der Waals surface area contributed by atoms with E-state index < -0.39 is 6.04 Å². The first-order valence-corrected chi connectivity index (χ1v) is 11.9. The smallest absolute Gasteiger partial charge is 0.253 e. The molecular formula is C27H35N3O4. The number of methoxy groups -OCH3 is 1. The Hall–Kier alpha value is -3.35. The van der Waals surface area contributed by atoms with Gasteiger partial charge in [-0.25, -0.2) is 0 Å². The van der Waals surface area contributed by atoms with Crippen LogP contribution in [-0.4, -0.2) is 55.4 Å². The highest BCUT2D eigenvalue weighted by Crippen LogP contribution is 2.24. The Labute approximate surface area is 201 Å². The van der Waals surface area contributed by atoms with Crippen molar-refractivity contribution in [3.63, 3.8) is 0 Å². The molecule has 0 bridgehead atoms. The van der Waals surface area contributed by atoms with Gasteiger partial charge in [0.1, 0.15) is 11.8 Å². The van der Waals surface area contributed by atoms with E-state index in [0.717, 1.165) is 5.56 Å². The van der Waals surface area contributed by atoms with E-state index in [4.69, 9.17) is 4.74 Å². The number of carbonyl (C=O) groups is 3. The van der Waals surface area contributed by atoms with E-state index in [-0.39, 0.29) is 23.6 Å². The molecule has 1 aliphatic heterocycles. The average Bonchev–Trinajstić information content (AvgIpc) is 2.85. The van der Waals surface area contributed by atoms with Crippen LogP contribution in [0, 0.1) is 18.8 Å². The van der Waals surface area contributed by atoms with Crippen LogP contribution in [0.1, 0.15) is 53.0 Å². The molecular weight excluding hydrogens is 430 g/mol. The van der Waals surface area contributed by atoms with Gasteiger partial charge < -0.3 is 20.3 Å². The monoisotopic (exact) mass is 465 g/mol. The number of carbonyl (C=O) groups excluding carboxylic acids is 3. The number of nitrogens with one attached hydrogen (secondary N) is 2. The minimum absolute atomic E-state index is 0.0538. The van der Waals surface area contributed by atoms with Crippen LogP contribution in [0.5, 0.6) is 5.75 Å². The molecule has 2 N–H and O–H groups in total. The van der Waals surface area contributed by atoms with Crippen LogP contribution in [0.4, 0.5) is 0 Å². The standard InChI is InChI=1S/C27H35N3O4/c1-18(2)17-28-26(32)24(29-25(31)21-10-8-19(3)9-11-21)20-12-14-30(15-13-20)27(33)22-6-5-7-23(16-22)34-4/h5-11,16,18,20,24H,12-15,17H2,1-4H3,(H,28,32)(H,29,31)/t24-/m0/s1.